The van der Waals surface area contributed by atoms with Crippen LogP contribution in [0.25, 0.3) is 0 Å². The van der Waals surface area contributed by atoms with E-state index in [0.717, 1.165) is 19.5 Å². The highest BCUT2D eigenvalue weighted by Crippen LogP contribution is 2.36. The van der Waals surface area contributed by atoms with Crippen LogP contribution in [0, 0.1) is 11.7 Å². The zero-order chi connectivity index (χ0) is 20.6. The lowest BCUT2D eigenvalue weighted by Gasteiger charge is -2.39. The summed E-state index contributed by atoms with van der Waals surface area (Å²) in [5, 5.41) is 11.2. The summed E-state index contributed by atoms with van der Waals surface area (Å²) >= 11 is 1.80. The molecule has 2 aromatic rings. The van der Waals surface area contributed by atoms with Gasteiger partial charge in [0.25, 0.3) is 0 Å². The van der Waals surface area contributed by atoms with E-state index in [4.69, 9.17) is 0 Å². The van der Waals surface area contributed by atoms with Crippen molar-refractivity contribution in [1.29, 1.82) is 0 Å². The summed E-state index contributed by atoms with van der Waals surface area (Å²) in [6, 6.07) is 10.5. The van der Waals surface area contributed by atoms with Crippen molar-refractivity contribution < 1.29 is 9.18 Å². The van der Waals surface area contributed by atoms with Gasteiger partial charge in [-0.1, -0.05) is 12.1 Å². The molecular weight excluding hydrogens is 516 g/mol. The van der Waals surface area contributed by atoms with Crippen LogP contribution in [-0.4, -0.2) is 50.5 Å². The second-order valence-corrected chi connectivity index (χ2v) is 8.19. The lowest BCUT2D eigenvalue weighted by Crippen LogP contribution is -2.46. The fourth-order valence-electron chi connectivity index (χ4n) is 3.77. The molecule has 1 fully saturated rings. The van der Waals surface area contributed by atoms with Crippen LogP contribution >= 0.6 is 35.3 Å². The van der Waals surface area contributed by atoms with Crippen LogP contribution in [0.2, 0.25) is 0 Å². The number of thiophene rings is 1. The molecule has 3 N–H and O–H groups in total. The van der Waals surface area contributed by atoms with Crippen molar-refractivity contribution in [2.45, 2.75) is 18.9 Å². The van der Waals surface area contributed by atoms with Crippen molar-refractivity contribution in [3.05, 3.63) is 52.5 Å². The van der Waals surface area contributed by atoms with Crippen molar-refractivity contribution in [2.24, 2.45) is 10.9 Å². The van der Waals surface area contributed by atoms with E-state index in [2.05, 4.69) is 50.4 Å². The number of aliphatic imine (C=N–C) groups is 1. The predicted octanol–water partition coefficient (Wildman–Crippen LogP) is 3.69. The Morgan fingerprint density at radius 1 is 1.30 bits per heavy atom. The topological polar surface area (TPSA) is 68.8 Å². The quantitative estimate of drug-likeness (QED) is 0.294. The number of halogens is 2. The molecule has 30 heavy (non-hydrogen) atoms. The molecule has 0 bridgehead atoms. The van der Waals surface area contributed by atoms with Gasteiger partial charge in [-0.05, 0) is 62.0 Å². The number of rotatable bonds is 6. The number of hydrogen-bond donors (Lipinski definition) is 3. The molecule has 3 rings (SSSR count). The number of hydrogen-bond acceptors (Lipinski definition) is 4. The van der Waals surface area contributed by atoms with Gasteiger partial charge in [0.15, 0.2) is 5.96 Å². The van der Waals surface area contributed by atoms with E-state index < -0.39 is 0 Å². The highest BCUT2D eigenvalue weighted by Gasteiger charge is 2.31. The summed E-state index contributed by atoms with van der Waals surface area (Å²) < 4.78 is 13.2. The van der Waals surface area contributed by atoms with E-state index in [0.29, 0.717) is 23.6 Å². The van der Waals surface area contributed by atoms with E-state index in [1.165, 1.54) is 23.4 Å². The third-order valence-corrected chi connectivity index (χ3v) is 6.06. The fraction of sp³-hybridized carbons (Fsp3) is 0.429. The summed E-state index contributed by atoms with van der Waals surface area (Å²) in [5.41, 5.74) is 0.434. The normalized spacial score (nSPS) is 19.6. The maximum atomic E-state index is 13.2. The summed E-state index contributed by atoms with van der Waals surface area (Å²) in [6.45, 7) is 1.93. The number of benzene rings is 1. The van der Waals surface area contributed by atoms with Gasteiger partial charge < -0.3 is 16.0 Å². The fourth-order valence-corrected chi connectivity index (χ4v) is 4.75. The number of guanidine groups is 1. The Balaban J connectivity index is 0.00000320. The van der Waals surface area contributed by atoms with E-state index in [-0.39, 0.29) is 42.2 Å². The maximum Gasteiger partial charge on any atom is 0.243 e. The van der Waals surface area contributed by atoms with Gasteiger partial charge in [-0.25, -0.2) is 4.39 Å². The Morgan fingerprint density at radius 3 is 2.83 bits per heavy atom. The monoisotopic (exact) mass is 545 g/mol. The van der Waals surface area contributed by atoms with Gasteiger partial charge in [0.2, 0.25) is 5.91 Å². The number of nitrogens with zero attached hydrogens (tertiary/aromatic N) is 2. The van der Waals surface area contributed by atoms with Gasteiger partial charge in [0.05, 0.1) is 6.54 Å². The zero-order valence-electron chi connectivity index (χ0n) is 17.2. The van der Waals surface area contributed by atoms with Crippen molar-refractivity contribution in [2.75, 3.05) is 39.0 Å². The minimum atomic E-state index is -0.383. The van der Waals surface area contributed by atoms with Crippen LogP contribution < -0.4 is 16.0 Å². The average Bonchev–Trinajstić information content (AvgIpc) is 3.22. The molecule has 2 unspecified atom stereocenters. The van der Waals surface area contributed by atoms with Crippen LogP contribution in [0.4, 0.5) is 10.1 Å². The van der Waals surface area contributed by atoms with Crippen molar-refractivity contribution >= 4 is 52.9 Å². The summed E-state index contributed by atoms with van der Waals surface area (Å²) in [5.74, 6) is 0.406. The molecule has 1 aliphatic rings. The molecule has 0 saturated carbocycles. The smallest absolute Gasteiger partial charge is 0.243 e. The standard InChI is InChI=1S/C21H28FN5OS.HI/c1-23-21(25-14-19(28)26-17-8-3-7-16(22)12-17)24-13-15-6-4-10-27(2)20(15)18-9-5-11-29-18;/h3,5,7-9,11-12,15,20H,4,6,10,13-14H2,1-2H3,(H,26,28)(H2,23,24,25);1H. The number of anilines is 1. The molecule has 0 spiro atoms. The summed E-state index contributed by atoms with van der Waals surface area (Å²) in [7, 11) is 3.87. The largest absolute Gasteiger partial charge is 0.356 e. The van der Waals surface area contributed by atoms with E-state index in [1.54, 1.807) is 30.5 Å². The molecule has 1 aromatic carbocycles. The first kappa shape index (κ1) is 24.5. The molecule has 1 aliphatic heterocycles. The maximum absolute atomic E-state index is 13.2. The molecule has 0 radical (unpaired) electrons. The van der Waals surface area contributed by atoms with Crippen LogP contribution in [0.5, 0.6) is 0 Å². The molecule has 6 nitrogen and oxygen atoms in total. The second kappa shape index (κ2) is 12.2. The summed E-state index contributed by atoms with van der Waals surface area (Å²) in [4.78, 5) is 20.1. The molecule has 1 amide bonds. The number of piperidine rings is 1. The van der Waals surface area contributed by atoms with Gasteiger partial charge in [0.1, 0.15) is 5.82 Å². The number of carbonyl (C=O) groups excluding carboxylic acids is 1. The number of amides is 1. The minimum absolute atomic E-state index is 0. The van der Waals surface area contributed by atoms with Crippen molar-refractivity contribution in [1.82, 2.24) is 15.5 Å². The molecule has 164 valence electrons. The van der Waals surface area contributed by atoms with Gasteiger partial charge in [-0.3, -0.25) is 14.7 Å². The van der Waals surface area contributed by atoms with Gasteiger partial charge >= 0.3 is 0 Å². The molecule has 2 heterocycles. The van der Waals surface area contributed by atoms with E-state index in [1.807, 2.05) is 0 Å². The number of likely N-dealkylation sites (tertiary alicyclic amines) is 1. The van der Waals surface area contributed by atoms with Crippen molar-refractivity contribution in [3.63, 3.8) is 0 Å². The third kappa shape index (κ3) is 6.92. The highest BCUT2D eigenvalue weighted by molar-refractivity contribution is 14.0. The summed E-state index contributed by atoms with van der Waals surface area (Å²) in [6.07, 6.45) is 2.32. The van der Waals surface area contributed by atoms with Crippen LogP contribution in [0.3, 0.4) is 0 Å². The first-order valence-electron chi connectivity index (χ1n) is 9.80. The van der Waals surface area contributed by atoms with Gasteiger partial charge in [-0.15, -0.1) is 35.3 Å². The van der Waals surface area contributed by atoms with Gasteiger partial charge in [0, 0.05) is 30.2 Å². The molecule has 1 saturated heterocycles. The number of carbonyl (C=O) groups is 1. The van der Waals surface area contributed by atoms with Crippen LogP contribution in [0.15, 0.2) is 46.8 Å². The first-order chi connectivity index (χ1) is 14.1. The highest BCUT2D eigenvalue weighted by atomic mass is 127. The van der Waals surface area contributed by atoms with Crippen molar-refractivity contribution in [3.8, 4) is 0 Å². The Kier molecular flexibility index (Phi) is 9.99. The van der Waals surface area contributed by atoms with Crippen LogP contribution in [-0.2, 0) is 4.79 Å². The SMILES string of the molecule is CN=C(NCC(=O)Nc1cccc(F)c1)NCC1CCCN(C)C1c1cccs1.I. The Morgan fingerprint density at radius 2 is 2.13 bits per heavy atom. The molecular formula is C21H29FIN5OS. The predicted molar refractivity (Wildman–Crippen MR) is 132 cm³/mol. The lowest BCUT2D eigenvalue weighted by atomic mass is 9.88. The Bertz CT molecular complexity index is 833. The van der Waals surface area contributed by atoms with Crippen LogP contribution in [0.1, 0.15) is 23.8 Å². The average molecular weight is 545 g/mol. The number of nitrogens with one attached hydrogen (secondary N) is 3. The second-order valence-electron chi connectivity index (χ2n) is 7.21. The van der Waals surface area contributed by atoms with Gasteiger partial charge in [-0.2, -0.15) is 0 Å². The Labute approximate surface area is 198 Å². The Hall–Kier alpha value is -1.72. The first-order valence-corrected chi connectivity index (χ1v) is 10.7. The molecule has 0 aliphatic carbocycles. The molecule has 9 heteroatoms. The lowest BCUT2D eigenvalue weighted by molar-refractivity contribution is -0.115. The van der Waals surface area contributed by atoms with E-state index in [9.17, 15) is 9.18 Å². The third-order valence-electron chi connectivity index (χ3n) is 5.12. The zero-order valence-corrected chi connectivity index (χ0v) is 20.4. The molecule has 2 atom stereocenters. The molecule has 1 aromatic heterocycles. The van der Waals surface area contributed by atoms with E-state index >= 15 is 0 Å². The minimum Gasteiger partial charge on any atom is -0.356 e.